The van der Waals surface area contributed by atoms with E-state index >= 15 is 0 Å². The Morgan fingerprint density at radius 3 is 2.15 bits per heavy atom. The van der Waals surface area contributed by atoms with Crippen LogP contribution in [0.3, 0.4) is 0 Å². The van der Waals surface area contributed by atoms with Gasteiger partial charge in [0.1, 0.15) is 0 Å². The summed E-state index contributed by atoms with van der Waals surface area (Å²) in [6.07, 6.45) is 2.74. The van der Waals surface area contributed by atoms with Gasteiger partial charge in [0.15, 0.2) is 0 Å². The summed E-state index contributed by atoms with van der Waals surface area (Å²) in [5, 5.41) is 0. The molecule has 0 atom stereocenters. The highest BCUT2D eigenvalue weighted by Crippen LogP contribution is 2.35. The van der Waals surface area contributed by atoms with Crippen LogP contribution in [0, 0.1) is 0 Å². The van der Waals surface area contributed by atoms with Crippen molar-refractivity contribution >= 4 is 7.82 Å². The Hall–Kier alpha value is -0.0100. The Morgan fingerprint density at radius 1 is 1.23 bits per heavy atom. The molecule has 0 aliphatic rings. The first-order chi connectivity index (χ1) is 5.06. The van der Waals surface area contributed by atoms with Gasteiger partial charge in [-0.3, -0.25) is 0 Å². The molecule has 13 heavy (non-hydrogen) atoms. The number of unbranched alkanes of at least 4 members (excludes halogenated alkanes) is 2. The maximum absolute atomic E-state index is 10.0. The Labute approximate surface area is 77.8 Å². The smallest absolute Gasteiger partial charge is 0.344 e. The lowest BCUT2D eigenvalue weighted by Crippen LogP contribution is -1.94. The van der Waals surface area contributed by atoms with Gasteiger partial charge >= 0.3 is 7.82 Å². The van der Waals surface area contributed by atoms with Crippen molar-refractivity contribution in [1.29, 1.82) is 0 Å². The first-order valence-corrected chi connectivity index (χ1v) is 4.96. The average Bonchev–Trinajstić information content (AvgIpc) is 1.85. The first-order valence-electron chi connectivity index (χ1n) is 3.43. The third kappa shape index (κ3) is 18.7. The molecule has 84 valence electrons. The van der Waals surface area contributed by atoms with Gasteiger partial charge in [0.05, 0.1) is 6.61 Å². The van der Waals surface area contributed by atoms with Crippen molar-refractivity contribution in [3.8, 4) is 0 Å². The van der Waals surface area contributed by atoms with E-state index in [0.29, 0.717) is 0 Å². The van der Waals surface area contributed by atoms with Crippen LogP contribution in [0.1, 0.15) is 26.2 Å². The van der Waals surface area contributed by atoms with Crippen molar-refractivity contribution in [2.24, 2.45) is 0 Å². The van der Waals surface area contributed by atoms with E-state index in [1.807, 2.05) is 6.92 Å². The Balaban J connectivity index is -0.000000500. The zero-order chi connectivity index (χ0) is 8.74. The monoisotopic (exact) mass is 218 g/mol. The molecule has 0 aliphatic heterocycles. The predicted octanol–water partition coefficient (Wildman–Crippen LogP) is 1.54. The van der Waals surface area contributed by atoms with Crippen LogP contribution in [0.5, 0.6) is 0 Å². The number of hydrogen-bond acceptors (Lipinski definition) is 5. The average molecular weight is 218 g/mol. The van der Waals surface area contributed by atoms with Crippen molar-refractivity contribution in [3.63, 3.8) is 0 Å². The van der Waals surface area contributed by atoms with E-state index < -0.39 is 7.82 Å². The third-order valence-electron chi connectivity index (χ3n) is 0.981. The van der Waals surface area contributed by atoms with Crippen molar-refractivity contribution in [3.05, 3.63) is 0 Å². The molecule has 0 saturated carbocycles. The van der Waals surface area contributed by atoms with Gasteiger partial charge in [0, 0.05) is 0 Å². The van der Waals surface area contributed by atoms with E-state index in [0.717, 1.165) is 19.3 Å². The van der Waals surface area contributed by atoms with Gasteiger partial charge < -0.3 is 22.1 Å². The van der Waals surface area contributed by atoms with Gasteiger partial charge in [-0.25, -0.2) is 9.45 Å². The normalized spacial score (nSPS) is 10.1. The molecule has 8 heteroatoms. The standard InChI is InChI=1S/C5H13O5P.2H3N/c1-2-3-4-5-9-10-11(6,7)8;;/h2-5H2,1H3,(H2,6,7,8);2*1H3. The van der Waals surface area contributed by atoms with E-state index in [2.05, 4.69) is 9.56 Å². The van der Waals surface area contributed by atoms with Gasteiger partial charge in [-0.15, -0.1) is 4.67 Å². The van der Waals surface area contributed by atoms with E-state index in [4.69, 9.17) is 9.79 Å². The molecule has 0 saturated heterocycles. The van der Waals surface area contributed by atoms with Crippen LogP contribution in [0.25, 0.3) is 0 Å². The molecule has 0 fully saturated rings. The summed E-state index contributed by atoms with van der Waals surface area (Å²) >= 11 is 0. The van der Waals surface area contributed by atoms with Crippen molar-refractivity contribution in [2.75, 3.05) is 6.61 Å². The molecule has 0 bridgehead atoms. The maximum Gasteiger partial charge on any atom is 0.496 e. The van der Waals surface area contributed by atoms with Gasteiger partial charge in [-0.1, -0.05) is 19.8 Å². The van der Waals surface area contributed by atoms with Crippen LogP contribution in [-0.4, -0.2) is 16.4 Å². The number of hydrogen-bond donors (Lipinski definition) is 4. The molecule has 0 unspecified atom stereocenters. The van der Waals surface area contributed by atoms with E-state index in [1.54, 1.807) is 0 Å². The zero-order valence-electron chi connectivity index (χ0n) is 7.81. The summed E-state index contributed by atoms with van der Waals surface area (Å²) in [7, 11) is -4.44. The molecule has 0 radical (unpaired) electrons. The number of phosphoric acid groups is 1. The Morgan fingerprint density at radius 2 is 1.77 bits per heavy atom. The molecule has 0 aromatic heterocycles. The molecule has 7 nitrogen and oxygen atoms in total. The minimum Gasteiger partial charge on any atom is -0.344 e. The number of rotatable bonds is 6. The SMILES string of the molecule is CCCCCOOP(=O)(O)O.N.N. The lowest BCUT2D eigenvalue weighted by Gasteiger charge is -2.02. The van der Waals surface area contributed by atoms with Crippen LogP contribution in [-0.2, 0) is 14.1 Å². The minimum absolute atomic E-state index is 0. The maximum atomic E-state index is 10.0. The summed E-state index contributed by atoms with van der Waals surface area (Å²) in [5.41, 5.74) is 0. The van der Waals surface area contributed by atoms with Crippen LogP contribution >= 0.6 is 7.82 Å². The highest BCUT2D eigenvalue weighted by Gasteiger charge is 2.14. The molecule has 0 rings (SSSR count). The van der Waals surface area contributed by atoms with Crippen LogP contribution in [0.4, 0.5) is 0 Å². The van der Waals surface area contributed by atoms with Crippen molar-refractivity contribution in [2.45, 2.75) is 26.2 Å². The lowest BCUT2D eigenvalue weighted by atomic mass is 10.3. The second-order valence-electron chi connectivity index (χ2n) is 2.09. The highest BCUT2D eigenvalue weighted by atomic mass is 31.2. The first kappa shape index (κ1) is 18.7. The second-order valence-corrected chi connectivity index (χ2v) is 3.22. The quantitative estimate of drug-likeness (QED) is 0.229. The van der Waals surface area contributed by atoms with E-state index in [1.165, 1.54) is 0 Å². The van der Waals surface area contributed by atoms with E-state index in [-0.39, 0.29) is 18.9 Å². The molecule has 0 aromatic rings. The van der Waals surface area contributed by atoms with E-state index in [9.17, 15) is 4.57 Å². The summed E-state index contributed by atoms with van der Waals surface area (Å²) in [6.45, 7) is 2.24. The fraction of sp³-hybridized carbons (Fsp3) is 1.00. The fourth-order valence-electron chi connectivity index (χ4n) is 0.517. The molecule has 8 N–H and O–H groups in total. The minimum atomic E-state index is -4.44. The fourth-order valence-corrected chi connectivity index (χ4v) is 0.729. The topological polar surface area (TPSA) is 146 Å². The van der Waals surface area contributed by atoms with Gasteiger partial charge in [0.2, 0.25) is 0 Å². The summed E-state index contributed by atoms with van der Waals surface area (Å²) in [5.74, 6) is 0. The predicted molar refractivity (Wildman–Crippen MR) is 48.7 cm³/mol. The largest absolute Gasteiger partial charge is 0.496 e. The molecule has 0 heterocycles. The van der Waals surface area contributed by atoms with Gasteiger partial charge in [0.25, 0.3) is 0 Å². The van der Waals surface area contributed by atoms with Crippen molar-refractivity contribution < 1.29 is 23.9 Å². The third-order valence-corrected chi connectivity index (χ3v) is 1.28. The lowest BCUT2D eigenvalue weighted by molar-refractivity contribution is -0.222. The summed E-state index contributed by atoms with van der Waals surface area (Å²) in [4.78, 5) is 20.5. The van der Waals surface area contributed by atoms with Crippen molar-refractivity contribution in [1.82, 2.24) is 12.3 Å². The Kier molecular flexibility index (Phi) is 14.5. The molecule has 0 aromatic carbocycles. The van der Waals surface area contributed by atoms with Crippen LogP contribution in [0.2, 0.25) is 0 Å². The summed E-state index contributed by atoms with van der Waals surface area (Å²) in [6, 6.07) is 0. The second kappa shape index (κ2) is 10.1. The Bertz CT molecular complexity index is 139. The van der Waals surface area contributed by atoms with Crippen LogP contribution < -0.4 is 12.3 Å². The highest BCUT2D eigenvalue weighted by molar-refractivity contribution is 7.46. The molecule has 0 amide bonds. The van der Waals surface area contributed by atoms with Crippen LogP contribution in [0.15, 0.2) is 0 Å². The molecular weight excluding hydrogens is 199 g/mol. The van der Waals surface area contributed by atoms with Gasteiger partial charge in [-0.05, 0) is 6.42 Å². The van der Waals surface area contributed by atoms with Gasteiger partial charge in [-0.2, -0.15) is 0 Å². The zero-order valence-corrected chi connectivity index (χ0v) is 8.70. The molecular formula is C5H19N2O5P. The molecule has 0 spiro atoms. The summed E-state index contributed by atoms with van der Waals surface area (Å²) < 4.78 is 13.8. The molecule has 0 aliphatic carbocycles.